The molecular weight excluding hydrogens is 224 g/mol. The maximum absolute atomic E-state index is 11.5. The summed E-state index contributed by atoms with van der Waals surface area (Å²) in [7, 11) is 0. The molecule has 1 aromatic rings. The Labute approximate surface area is 111 Å². The summed E-state index contributed by atoms with van der Waals surface area (Å²) in [5, 5.41) is 4.99. The maximum Gasteiger partial charge on any atom is 0.211 e. The maximum atomic E-state index is 11.5. The van der Waals surface area contributed by atoms with Crippen molar-refractivity contribution in [3.63, 3.8) is 0 Å². The molecule has 0 radical (unpaired) electrons. The Kier molecular flexibility index (Phi) is 2.80. The molecule has 18 heavy (non-hydrogen) atoms. The third kappa shape index (κ3) is 2.44. The number of aliphatic hydroxyl groups is 1. The summed E-state index contributed by atoms with van der Waals surface area (Å²) in [6, 6.07) is 9.51. The van der Waals surface area contributed by atoms with Crippen LogP contribution in [0.1, 0.15) is 20.8 Å². The van der Waals surface area contributed by atoms with Gasteiger partial charge in [-0.15, -0.1) is 0 Å². The van der Waals surface area contributed by atoms with E-state index >= 15 is 0 Å². The molecule has 2 heteroatoms. The van der Waals surface area contributed by atoms with Crippen molar-refractivity contribution in [2.45, 2.75) is 19.4 Å². The first-order chi connectivity index (χ1) is 9.42. The lowest BCUT2D eigenvalue weighted by Gasteiger charge is -2.31. The molecule has 0 spiro atoms. The van der Waals surface area contributed by atoms with Gasteiger partial charge in [0.15, 0.2) is 0 Å². The quantitative estimate of drug-likeness (QED) is 0.827. The van der Waals surface area contributed by atoms with Gasteiger partial charge in [0.25, 0.3) is 0 Å². The molecule has 0 heterocycles. The Hall–Kier alpha value is -1.67. The van der Waals surface area contributed by atoms with Gasteiger partial charge in [-0.2, -0.15) is 0 Å². The fraction of sp³-hybridized carbons (Fsp3) is 0.312. The van der Waals surface area contributed by atoms with Crippen molar-refractivity contribution in [3.8, 4) is 0 Å². The number of carbonyl (C=O) groups is 1. The first kappa shape index (κ1) is 10.3. The second-order valence-corrected chi connectivity index (χ2v) is 4.73. The van der Waals surface area contributed by atoms with Crippen molar-refractivity contribution in [1.29, 1.82) is 1.43 Å². The SMILES string of the molecule is [2H]O[C@](C)(c1ccccc1)C1C=CC([2H])(C(C)=O)C=C1. The average Bonchev–Trinajstić information content (AvgIpc) is 2.48. The third-order valence-corrected chi connectivity index (χ3v) is 3.36. The Morgan fingerprint density at radius 1 is 1.28 bits per heavy atom. The van der Waals surface area contributed by atoms with Crippen LogP contribution in [-0.4, -0.2) is 12.3 Å². The molecule has 0 amide bonds. The summed E-state index contributed by atoms with van der Waals surface area (Å²) < 4.78 is 15.5. The second-order valence-electron chi connectivity index (χ2n) is 4.73. The second kappa shape index (κ2) is 4.91. The van der Waals surface area contributed by atoms with Crippen LogP contribution in [-0.2, 0) is 10.4 Å². The summed E-state index contributed by atoms with van der Waals surface area (Å²) in [6.45, 7) is 3.23. The van der Waals surface area contributed by atoms with Crippen LogP contribution in [0.4, 0.5) is 0 Å². The van der Waals surface area contributed by atoms with Gasteiger partial charge in [-0.25, -0.2) is 0 Å². The molecule has 94 valence electrons. The molecule has 2 nitrogen and oxygen atoms in total. The Morgan fingerprint density at radius 2 is 1.89 bits per heavy atom. The molecule has 1 aliphatic rings. The topological polar surface area (TPSA) is 37.3 Å². The highest BCUT2D eigenvalue weighted by Crippen LogP contribution is 2.33. The molecule has 0 aromatic heterocycles. The van der Waals surface area contributed by atoms with Crippen LogP contribution in [0.2, 0.25) is 0 Å². The summed E-state index contributed by atoms with van der Waals surface area (Å²) in [6.07, 6.45) is 6.69. The molecule has 1 atom stereocenters. The standard InChI is InChI=1S/C16H18O2/c1-12(17)13-8-10-15(11-9-13)16(2,18)14-6-4-3-5-7-14/h3-11,13,15,18H,1-2H3/t13?,15?,16-/m1/s1/i13D,18D. The van der Waals surface area contributed by atoms with E-state index in [1.807, 2.05) is 37.3 Å². The lowest BCUT2D eigenvalue weighted by atomic mass is 9.79. The van der Waals surface area contributed by atoms with E-state index in [9.17, 15) is 4.79 Å². The monoisotopic (exact) mass is 244 g/mol. The van der Waals surface area contributed by atoms with E-state index in [1.165, 1.54) is 6.92 Å². The summed E-state index contributed by atoms with van der Waals surface area (Å²) >= 11 is 0. The van der Waals surface area contributed by atoms with Crippen LogP contribution in [0, 0.1) is 11.8 Å². The summed E-state index contributed by atoms with van der Waals surface area (Å²) in [5.74, 6) is -1.72. The van der Waals surface area contributed by atoms with Crippen LogP contribution in [0.25, 0.3) is 0 Å². The number of rotatable bonds is 4. The summed E-state index contributed by atoms with van der Waals surface area (Å²) in [4.78, 5) is 11.5. The number of hydrogen-bond donors (Lipinski definition) is 1. The van der Waals surface area contributed by atoms with Gasteiger partial charge < -0.3 is 5.11 Å². The van der Waals surface area contributed by atoms with Gasteiger partial charge in [0.05, 0.1) is 11.5 Å². The highest BCUT2D eigenvalue weighted by molar-refractivity contribution is 5.82. The molecular formula is C16H18O2. The minimum Gasteiger partial charge on any atom is -0.385 e. The fourth-order valence-electron chi connectivity index (χ4n) is 2.10. The lowest BCUT2D eigenvalue weighted by molar-refractivity contribution is -0.118. The van der Waals surface area contributed by atoms with Gasteiger partial charge in [0, 0.05) is 7.29 Å². The summed E-state index contributed by atoms with van der Waals surface area (Å²) in [5.41, 5.74) is 0.0430. The van der Waals surface area contributed by atoms with Gasteiger partial charge in [-0.05, 0) is 19.4 Å². The normalized spacial score (nSPS) is 31.3. The minimum absolute atomic E-state index is 0.194. The van der Waals surface area contributed by atoms with Crippen molar-refractivity contribution < 1.29 is 11.3 Å². The van der Waals surface area contributed by atoms with Gasteiger partial charge in [-0.1, -0.05) is 54.6 Å². The van der Waals surface area contributed by atoms with E-state index in [0.29, 0.717) is 0 Å². The van der Waals surface area contributed by atoms with Gasteiger partial charge in [-0.3, -0.25) is 4.79 Å². The number of carbonyl (C=O) groups excluding carboxylic acids is 1. The fourth-order valence-corrected chi connectivity index (χ4v) is 2.10. The highest BCUT2D eigenvalue weighted by atomic mass is 16.3. The molecule has 1 aliphatic carbocycles. The van der Waals surface area contributed by atoms with Crippen LogP contribution in [0.15, 0.2) is 54.6 Å². The van der Waals surface area contributed by atoms with Crippen molar-refractivity contribution in [2.75, 3.05) is 0 Å². The first-order valence-electron chi connectivity index (χ1n) is 6.93. The zero-order chi connectivity index (χ0) is 14.8. The first-order valence-corrected chi connectivity index (χ1v) is 6.02. The zero-order valence-electron chi connectivity index (χ0n) is 12.6. The number of hydrogen-bond acceptors (Lipinski definition) is 2. The number of benzene rings is 1. The van der Waals surface area contributed by atoms with Gasteiger partial charge >= 0.3 is 0 Å². The van der Waals surface area contributed by atoms with Crippen molar-refractivity contribution in [2.24, 2.45) is 11.8 Å². The van der Waals surface area contributed by atoms with E-state index in [1.54, 1.807) is 24.3 Å². The molecule has 0 fully saturated rings. The molecule has 1 N–H and O–H groups in total. The molecule has 2 rings (SSSR count). The minimum atomic E-state index is -1.30. The van der Waals surface area contributed by atoms with Crippen molar-refractivity contribution >= 4 is 5.78 Å². The van der Waals surface area contributed by atoms with E-state index in [2.05, 4.69) is 0 Å². The highest BCUT2D eigenvalue weighted by Gasteiger charge is 2.31. The third-order valence-electron chi connectivity index (χ3n) is 3.36. The molecule has 0 aliphatic heterocycles. The predicted octanol–water partition coefficient (Wildman–Crippen LogP) is 2.84. The van der Waals surface area contributed by atoms with E-state index in [-0.39, 0.29) is 11.7 Å². The zero-order valence-corrected chi connectivity index (χ0v) is 10.6. The molecule has 0 saturated heterocycles. The average molecular weight is 244 g/mol. The van der Waals surface area contributed by atoms with Crippen LogP contribution < -0.4 is 0 Å². The van der Waals surface area contributed by atoms with Crippen LogP contribution >= 0.6 is 0 Å². The largest absolute Gasteiger partial charge is 0.385 e. The number of allylic oxidation sites excluding steroid dienone is 2. The Morgan fingerprint density at radius 3 is 2.39 bits per heavy atom. The van der Waals surface area contributed by atoms with Crippen molar-refractivity contribution in [1.82, 2.24) is 0 Å². The predicted molar refractivity (Wildman–Crippen MR) is 72.0 cm³/mol. The van der Waals surface area contributed by atoms with Crippen LogP contribution in [0.3, 0.4) is 0 Å². The van der Waals surface area contributed by atoms with E-state index < -0.39 is 11.5 Å². The molecule has 0 saturated carbocycles. The Bertz CT molecular complexity index is 537. The van der Waals surface area contributed by atoms with Crippen LogP contribution in [0.5, 0.6) is 0 Å². The van der Waals surface area contributed by atoms with Gasteiger partial charge in [0.2, 0.25) is 1.43 Å². The Balaban J connectivity index is 2.33. The molecule has 0 unspecified atom stereocenters. The number of ketones is 1. The smallest absolute Gasteiger partial charge is 0.211 e. The molecule has 0 bridgehead atoms. The van der Waals surface area contributed by atoms with Crippen molar-refractivity contribution in [3.05, 3.63) is 60.2 Å². The lowest BCUT2D eigenvalue weighted by Crippen LogP contribution is -2.30. The number of Topliss-reactive ketones (excluding diaryl/α,β-unsaturated/α-hetero) is 1. The van der Waals surface area contributed by atoms with Gasteiger partial charge in [0.1, 0.15) is 5.78 Å². The van der Waals surface area contributed by atoms with E-state index in [4.69, 9.17) is 7.91 Å². The molecule has 1 aromatic carbocycles. The van der Waals surface area contributed by atoms with E-state index in [0.717, 1.165) is 5.56 Å².